The molecule has 1 atom stereocenters. The molecule has 28 heavy (non-hydrogen) atoms. The second-order valence-electron chi connectivity index (χ2n) is 6.30. The molecule has 3 aromatic heterocycles. The van der Waals surface area contributed by atoms with Crippen molar-refractivity contribution in [1.82, 2.24) is 19.9 Å². The van der Waals surface area contributed by atoms with Crippen molar-refractivity contribution in [2.75, 3.05) is 5.73 Å². The molecule has 4 aromatic rings. The van der Waals surface area contributed by atoms with E-state index in [9.17, 15) is 5.11 Å². The van der Waals surface area contributed by atoms with Crippen LogP contribution in [0.25, 0.3) is 22.3 Å². The number of nitrogens with zero attached hydrogens (tertiary/aromatic N) is 4. The molecule has 1 aromatic carbocycles. The number of benzene rings is 1. The molecule has 0 unspecified atom stereocenters. The van der Waals surface area contributed by atoms with Gasteiger partial charge in [0.1, 0.15) is 16.3 Å². The van der Waals surface area contributed by atoms with Gasteiger partial charge in [-0.3, -0.25) is 0 Å². The van der Waals surface area contributed by atoms with E-state index in [1.54, 1.807) is 6.92 Å². The smallest absolute Gasteiger partial charge is 0.166 e. The molecule has 0 aliphatic carbocycles. The van der Waals surface area contributed by atoms with Gasteiger partial charge in [0.2, 0.25) is 0 Å². The number of aliphatic hydroxyl groups excluding tert-OH is 1. The summed E-state index contributed by atoms with van der Waals surface area (Å²) >= 11 is 1.40. The molecule has 0 fully saturated rings. The third-order valence-corrected chi connectivity index (χ3v) is 5.08. The Balaban J connectivity index is 1.66. The summed E-state index contributed by atoms with van der Waals surface area (Å²) in [6.45, 7) is 3.69. The summed E-state index contributed by atoms with van der Waals surface area (Å²) in [4.78, 5) is 17.4. The van der Waals surface area contributed by atoms with Crippen molar-refractivity contribution in [3.63, 3.8) is 0 Å². The largest absolute Gasteiger partial charge is 0.382 e. The number of hydrogen-bond acceptors (Lipinski definition) is 7. The van der Waals surface area contributed by atoms with E-state index in [0.717, 1.165) is 22.5 Å². The van der Waals surface area contributed by atoms with Crippen LogP contribution in [-0.4, -0.2) is 25.0 Å². The molecule has 3 heterocycles. The van der Waals surface area contributed by atoms with Gasteiger partial charge in [-0.2, -0.15) is 0 Å². The standard InChI is InChI=1S/C21H17N5OS/c1-12-11-28-21(23-12)18(27)9-6-14-4-3-5-15(10-14)16-7-8-17-19(26-16)20(22)25-13(2)24-17/h3-5,7-8,10-11,18,27H,1-2H3,(H2,22,24,25)/t18-/m0/s1. The number of anilines is 1. The minimum atomic E-state index is -0.902. The highest BCUT2D eigenvalue weighted by Crippen LogP contribution is 2.23. The van der Waals surface area contributed by atoms with Crippen molar-refractivity contribution in [2.45, 2.75) is 20.0 Å². The first kappa shape index (κ1) is 18.0. The van der Waals surface area contributed by atoms with Crippen LogP contribution in [0.3, 0.4) is 0 Å². The lowest BCUT2D eigenvalue weighted by molar-refractivity contribution is 0.237. The van der Waals surface area contributed by atoms with Gasteiger partial charge in [-0.25, -0.2) is 19.9 Å². The molecule has 7 heteroatoms. The summed E-state index contributed by atoms with van der Waals surface area (Å²) < 4.78 is 0. The summed E-state index contributed by atoms with van der Waals surface area (Å²) in [5.41, 5.74) is 10.6. The summed E-state index contributed by atoms with van der Waals surface area (Å²) in [5.74, 6) is 6.83. The number of pyridine rings is 1. The highest BCUT2D eigenvalue weighted by molar-refractivity contribution is 7.09. The normalized spacial score (nSPS) is 11.8. The molecule has 0 aliphatic heterocycles. The Morgan fingerprint density at radius 2 is 1.93 bits per heavy atom. The molecular weight excluding hydrogens is 370 g/mol. The molecular formula is C21H17N5OS. The van der Waals surface area contributed by atoms with E-state index in [-0.39, 0.29) is 0 Å². The Bertz CT molecular complexity index is 1240. The number of hydrogen-bond donors (Lipinski definition) is 2. The number of nitrogen functional groups attached to an aromatic ring is 1. The molecule has 0 saturated carbocycles. The minimum absolute atomic E-state index is 0.363. The lowest BCUT2D eigenvalue weighted by atomic mass is 10.1. The van der Waals surface area contributed by atoms with E-state index in [2.05, 4.69) is 31.8 Å². The van der Waals surface area contributed by atoms with Crippen molar-refractivity contribution in [3.05, 3.63) is 63.9 Å². The van der Waals surface area contributed by atoms with Gasteiger partial charge in [0.05, 0.1) is 11.2 Å². The van der Waals surface area contributed by atoms with Gasteiger partial charge in [0.25, 0.3) is 0 Å². The average molecular weight is 387 g/mol. The number of aromatic nitrogens is 4. The van der Waals surface area contributed by atoms with Crippen LogP contribution in [0.1, 0.15) is 28.2 Å². The van der Waals surface area contributed by atoms with Crippen molar-refractivity contribution >= 4 is 28.2 Å². The predicted molar refractivity (Wildman–Crippen MR) is 111 cm³/mol. The summed E-state index contributed by atoms with van der Waals surface area (Å²) in [6.07, 6.45) is -0.902. The lowest BCUT2D eigenvalue weighted by Gasteiger charge is -2.06. The fourth-order valence-electron chi connectivity index (χ4n) is 2.79. The minimum Gasteiger partial charge on any atom is -0.382 e. The third kappa shape index (κ3) is 3.69. The number of rotatable bonds is 2. The molecule has 0 aliphatic rings. The third-order valence-electron chi connectivity index (χ3n) is 4.06. The van der Waals surface area contributed by atoms with Gasteiger partial charge in [0.15, 0.2) is 11.9 Å². The molecule has 6 nitrogen and oxygen atoms in total. The van der Waals surface area contributed by atoms with E-state index >= 15 is 0 Å². The van der Waals surface area contributed by atoms with Gasteiger partial charge < -0.3 is 10.8 Å². The molecule has 4 rings (SSSR count). The Kier molecular flexibility index (Phi) is 4.74. The van der Waals surface area contributed by atoms with Crippen LogP contribution in [0.15, 0.2) is 41.8 Å². The zero-order valence-electron chi connectivity index (χ0n) is 15.3. The van der Waals surface area contributed by atoms with E-state index in [1.807, 2.05) is 48.7 Å². The van der Waals surface area contributed by atoms with Crippen molar-refractivity contribution in [1.29, 1.82) is 0 Å². The monoisotopic (exact) mass is 387 g/mol. The first-order valence-corrected chi connectivity index (χ1v) is 9.50. The maximum atomic E-state index is 10.2. The van der Waals surface area contributed by atoms with Crippen LogP contribution in [0.4, 0.5) is 5.82 Å². The van der Waals surface area contributed by atoms with Gasteiger partial charge in [-0.05, 0) is 38.1 Å². The number of aryl methyl sites for hydroxylation is 2. The van der Waals surface area contributed by atoms with Crippen LogP contribution in [0.5, 0.6) is 0 Å². The zero-order chi connectivity index (χ0) is 19.7. The Labute approximate surface area is 166 Å². The van der Waals surface area contributed by atoms with Crippen LogP contribution < -0.4 is 5.73 Å². The van der Waals surface area contributed by atoms with Crippen LogP contribution >= 0.6 is 11.3 Å². The van der Waals surface area contributed by atoms with Crippen molar-refractivity contribution < 1.29 is 5.11 Å². The van der Waals surface area contributed by atoms with Gasteiger partial charge in [-0.15, -0.1) is 11.3 Å². The molecule has 0 bridgehead atoms. The van der Waals surface area contributed by atoms with Crippen molar-refractivity contribution in [3.8, 4) is 23.1 Å². The highest BCUT2D eigenvalue weighted by Gasteiger charge is 2.09. The van der Waals surface area contributed by atoms with Crippen LogP contribution in [0.2, 0.25) is 0 Å². The van der Waals surface area contributed by atoms with Crippen LogP contribution in [0, 0.1) is 25.7 Å². The zero-order valence-corrected chi connectivity index (χ0v) is 16.2. The first-order valence-electron chi connectivity index (χ1n) is 8.62. The Morgan fingerprint density at radius 1 is 1.07 bits per heavy atom. The molecule has 0 saturated heterocycles. The number of aliphatic hydroxyl groups is 1. The second kappa shape index (κ2) is 7.35. The Morgan fingerprint density at radius 3 is 2.71 bits per heavy atom. The van der Waals surface area contributed by atoms with E-state index in [0.29, 0.717) is 27.7 Å². The molecule has 0 radical (unpaired) electrons. The fraction of sp³-hybridized carbons (Fsp3) is 0.143. The maximum absolute atomic E-state index is 10.2. The first-order chi connectivity index (χ1) is 13.5. The van der Waals surface area contributed by atoms with Crippen LogP contribution in [-0.2, 0) is 0 Å². The molecule has 0 spiro atoms. The van der Waals surface area contributed by atoms with Gasteiger partial charge in [-0.1, -0.05) is 24.0 Å². The SMILES string of the molecule is Cc1csc([C@@H](O)C#Cc2cccc(-c3ccc4nc(C)nc(N)c4n3)c2)n1. The predicted octanol–water partition coefficient (Wildman–Crippen LogP) is 3.43. The Hall–Kier alpha value is -3.34. The lowest BCUT2D eigenvalue weighted by Crippen LogP contribution is -1.99. The summed E-state index contributed by atoms with van der Waals surface area (Å²) in [7, 11) is 0. The molecule has 3 N–H and O–H groups in total. The second-order valence-corrected chi connectivity index (χ2v) is 7.19. The average Bonchev–Trinajstić information content (AvgIpc) is 3.12. The van der Waals surface area contributed by atoms with Gasteiger partial charge in [0, 0.05) is 22.2 Å². The fourth-order valence-corrected chi connectivity index (χ4v) is 3.51. The number of thiazole rings is 1. The van der Waals surface area contributed by atoms with Crippen molar-refractivity contribution in [2.24, 2.45) is 0 Å². The topological polar surface area (TPSA) is 97.8 Å². The quantitative estimate of drug-likeness (QED) is 0.511. The number of fused-ring (bicyclic) bond motifs is 1. The van der Waals surface area contributed by atoms with Gasteiger partial charge >= 0.3 is 0 Å². The van der Waals surface area contributed by atoms with E-state index in [1.165, 1.54) is 11.3 Å². The van der Waals surface area contributed by atoms with E-state index in [4.69, 9.17) is 5.73 Å². The highest BCUT2D eigenvalue weighted by atomic mass is 32.1. The molecule has 138 valence electrons. The molecule has 0 amide bonds. The maximum Gasteiger partial charge on any atom is 0.166 e. The summed E-state index contributed by atoms with van der Waals surface area (Å²) in [5, 5.41) is 12.7. The van der Waals surface area contributed by atoms with E-state index < -0.39 is 6.10 Å². The number of nitrogens with two attached hydrogens (primary N) is 1. The summed E-state index contributed by atoms with van der Waals surface area (Å²) in [6, 6.07) is 11.4.